The zero-order chi connectivity index (χ0) is 12.4. The van der Waals surface area contributed by atoms with Crippen LogP contribution in [0.25, 0.3) is 5.69 Å². The second kappa shape index (κ2) is 4.25. The van der Waals surface area contributed by atoms with Gasteiger partial charge in [0.1, 0.15) is 5.82 Å². The Balaban J connectivity index is 2.57. The third kappa shape index (κ3) is 2.10. The summed E-state index contributed by atoms with van der Waals surface area (Å²) in [5.41, 5.74) is 0.234. The van der Waals surface area contributed by atoms with Crippen LogP contribution in [0, 0.1) is 5.82 Å². The van der Waals surface area contributed by atoms with E-state index >= 15 is 0 Å². The SMILES string of the molecule is COc1cc(C(=O)O)n(-c2cccc(F)c2)n1. The van der Waals surface area contributed by atoms with E-state index in [0.29, 0.717) is 5.69 Å². The first-order valence-electron chi connectivity index (χ1n) is 4.75. The highest BCUT2D eigenvalue weighted by atomic mass is 19.1. The number of benzene rings is 1. The van der Waals surface area contributed by atoms with Crippen molar-refractivity contribution in [3.05, 3.63) is 41.8 Å². The standard InChI is InChI=1S/C11H9FN2O3/c1-17-10-6-9(11(15)16)14(13-10)8-4-2-3-7(12)5-8/h2-6H,1H3,(H,15,16). The maximum absolute atomic E-state index is 13.1. The van der Waals surface area contributed by atoms with Crippen LogP contribution in [0.15, 0.2) is 30.3 Å². The number of carboxylic acid groups (broad SMARTS) is 1. The van der Waals surface area contributed by atoms with Gasteiger partial charge >= 0.3 is 5.97 Å². The van der Waals surface area contributed by atoms with Gasteiger partial charge in [-0.3, -0.25) is 0 Å². The van der Waals surface area contributed by atoms with E-state index in [2.05, 4.69) is 5.10 Å². The second-order valence-corrected chi connectivity index (χ2v) is 3.27. The summed E-state index contributed by atoms with van der Waals surface area (Å²) < 4.78 is 19.0. The van der Waals surface area contributed by atoms with E-state index in [1.54, 1.807) is 6.07 Å². The Bertz CT molecular complexity index is 566. The molecule has 88 valence electrons. The molecule has 1 aromatic carbocycles. The Morgan fingerprint density at radius 1 is 1.47 bits per heavy atom. The largest absolute Gasteiger partial charge is 0.480 e. The molecule has 0 fully saturated rings. The number of hydrogen-bond donors (Lipinski definition) is 1. The van der Waals surface area contributed by atoms with Crippen molar-refractivity contribution >= 4 is 5.97 Å². The number of aromatic nitrogens is 2. The molecular formula is C11H9FN2O3. The van der Waals surface area contributed by atoms with Gasteiger partial charge in [-0.25, -0.2) is 13.9 Å². The van der Waals surface area contributed by atoms with Crippen LogP contribution in [0.2, 0.25) is 0 Å². The summed E-state index contributed by atoms with van der Waals surface area (Å²) in [5.74, 6) is -1.47. The normalized spacial score (nSPS) is 10.2. The molecule has 0 bridgehead atoms. The van der Waals surface area contributed by atoms with Crippen molar-refractivity contribution in [2.75, 3.05) is 7.11 Å². The molecule has 1 heterocycles. The van der Waals surface area contributed by atoms with E-state index in [9.17, 15) is 9.18 Å². The summed E-state index contributed by atoms with van der Waals surface area (Å²) in [6, 6.07) is 6.77. The maximum Gasteiger partial charge on any atom is 0.354 e. The van der Waals surface area contributed by atoms with E-state index in [-0.39, 0.29) is 11.6 Å². The zero-order valence-corrected chi connectivity index (χ0v) is 8.92. The Hall–Kier alpha value is -2.37. The van der Waals surface area contributed by atoms with Crippen LogP contribution < -0.4 is 4.74 Å². The smallest absolute Gasteiger partial charge is 0.354 e. The molecule has 0 saturated carbocycles. The molecule has 17 heavy (non-hydrogen) atoms. The molecule has 6 heteroatoms. The summed E-state index contributed by atoms with van der Waals surface area (Å²) in [6.45, 7) is 0. The van der Waals surface area contributed by atoms with E-state index in [4.69, 9.17) is 9.84 Å². The van der Waals surface area contributed by atoms with Gasteiger partial charge in [-0.05, 0) is 18.2 Å². The van der Waals surface area contributed by atoms with Crippen molar-refractivity contribution < 1.29 is 19.0 Å². The van der Waals surface area contributed by atoms with E-state index in [1.807, 2.05) is 0 Å². The molecule has 5 nitrogen and oxygen atoms in total. The predicted octanol–water partition coefficient (Wildman–Crippen LogP) is 1.72. The summed E-state index contributed by atoms with van der Waals surface area (Å²) in [5, 5.41) is 12.9. The molecule has 0 aliphatic rings. The molecular weight excluding hydrogens is 227 g/mol. The molecule has 0 unspecified atom stereocenters. The molecule has 0 saturated heterocycles. The lowest BCUT2D eigenvalue weighted by Gasteiger charge is -2.03. The Labute approximate surface area is 96.1 Å². The third-order valence-electron chi connectivity index (χ3n) is 2.17. The molecule has 0 radical (unpaired) electrons. The fraction of sp³-hybridized carbons (Fsp3) is 0.0909. The highest BCUT2D eigenvalue weighted by molar-refractivity contribution is 5.86. The monoisotopic (exact) mass is 236 g/mol. The molecule has 1 aromatic heterocycles. The van der Waals surface area contributed by atoms with Crippen molar-refractivity contribution in [1.29, 1.82) is 0 Å². The first kappa shape index (κ1) is 11.1. The van der Waals surface area contributed by atoms with Gasteiger partial charge in [-0.1, -0.05) is 6.07 Å². The lowest BCUT2D eigenvalue weighted by Crippen LogP contribution is -2.07. The molecule has 0 spiro atoms. The molecule has 0 aliphatic heterocycles. The zero-order valence-electron chi connectivity index (χ0n) is 8.92. The minimum atomic E-state index is -1.16. The van der Waals surface area contributed by atoms with Gasteiger partial charge in [0.2, 0.25) is 5.88 Å². The topological polar surface area (TPSA) is 64.3 Å². The van der Waals surface area contributed by atoms with Crippen LogP contribution in [0.1, 0.15) is 10.5 Å². The number of methoxy groups -OCH3 is 1. The van der Waals surface area contributed by atoms with Gasteiger partial charge in [0.15, 0.2) is 5.69 Å². The number of carbonyl (C=O) groups is 1. The molecule has 2 rings (SSSR count). The Morgan fingerprint density at radius 2 is 2.24 bits per heavy atom. The van der Waals surface area contributed by atoms with Crippen molar-refractivity contribution in [1.82, 2.24) is 9.78 Å². The first-order valence-corrected chi connectivity index (χ1v) is 4.75. The van der Waals surface area contributed by atoms with Crippen LogP contribution >= 0.6 is 0 Å². The van der Waals surface area contributed by atoms with E-state index in [0.717, 1.165) is 4.68 Å². The number of rotatable bonds is 3. The van der Waals surface area contributed by atoms with Gasteiger partial charge in [0.05, 0.1) is 12.8 Å². The fourth-order valence-electron chi connectivity index (χ4n) is 1.42. The van der Waals surface area contributed by atoms with Crippen LogP contribution in [0.3, 0.4) is 0 Å². The van der Waals surface area contributed by atoms with E-state index in [1.165, 1.54) is 31.4 Å². The molecule has 2 aromatic rings. The molecule has 0 atom stereocenters. The molecule has 0 amide bonds. The minimum absolute atomic E-state index is 0.0903. The highest BCUT2D eigenvalue weighted by Crippen LogP contribution is 2.17. The van der Waals surface area contributed by atoms with E-state index < -0.39 is 11.8 Å². The summed E-state index contributed by atoms with van der Waals surface area (Å²) >= 11 is 0. The maximum atomic E-state index is 13.1. The van der Waals surface area contributed by atoms with Crippen LogP contribution in [0.5, 0.6) is 5.88 Å². The Kier molecular flexibility index (Phi) is 2.78. The van der Waals surface area contributed by atoms with Gasteiger partial charge in [-0.15, -0.1) is 5.10 Å². The summed E-state index contributed by atoms with van der Waals surface area (Å²) in [7, 11) is 1.38. The van der Waals surface area contributed by atoms with Crippen molar-refractivity contribution in [2.24, 2.45) is 0 Å². The fourth-order valence-corrected chi connectivity index (χ4v) is 1.42. The highest BCUT2D eigenvalue weighted by Gasteiger charge is 2.16. The number of aromatic carboxylic acids is 1. The summed E-state index contributed by atoms with van der Waals surface area (Å²) in [4.78, 5) is 11.0. The molecule has 0 aliphatic carbocycles. The van der Waals surface area contributed by atoms with Crippen molar-refractivity contribution in [3.8, 4) is 11.6 Å². The average molecular weight is 236 g/mol. The minimum Gasteiger partial charge on any atom is -0.480 e. The molecule has 1 N–H and O–H groups in total. The van der Waals surface area contributed by atoms with Gasteiger partial charge < -0.3 is 9.84 Å². The number of nitrogens with zero attached hydrogens (tertiary/aromatic N) is 2. The predicted molar refractivity (Wildman–Crippen MR) is 57.0 cm³/mol. The third-order valence-corrected chi connectivity index (χ3v) is 2.17. The second-order valence-electron chi connectivity index (χ2n) is 3.27. The van der Waals surface area contributed by atoms with Gasteiger partial charge in [0.25, 0.3) is 0 Å². The number of carboxylic acids is 1. The van der Waals surface area contributed by atoms with Crippen LogP contribution in [0.4, 0.5) is 4.39 Å². The average Bonchev–Trinajstić information content (AvgIpc) is 2.73. The van der Waals surface area contributed by atoms with Gasteiger partial charge in [-0.2, -0.15) is 0 Å². The van der Waals surface area contributed by atoms with Crippen molar-refractivity contribution in [3.63, 3.8) is 0 Å². The number of halogens is 1. The Morgan fingerprint density at radius 3 is 2.82 bits per heavy atom. The van der Waals surface area contributed by atoms with Gasteiger partial charge in [0, 0.05) is 6.07 Å². The lowest BCUT2D eigenvalue weighted by molar-refractivity contribution is 0.0687. The number of ether oxygens (including phenoxy) is 1. The van der Waals surface area contributed by atoms with Crippen LogP contribution in [-0.4, -0.2) is 28.0 Å². The summed E-state index contributed by atoms with van der Waals surface area (Å²) in [6.07, 6.45) is 0. The lowest BCUT2D eigenvalue weighted by atomic mass is 10.3. The quantitative estimate of drug-likeness (QED) is 0.881. The van der Waals surface area contributed by atoms with Crippen molar-refractivity contribution in [2.45, 2.75) is 0 Å². The first-order chi connectivity index (χ1) is 8.11. The number of hydrogen-bond acceptors (Lipinski definition) is 3. The van der Waals surface area contributed by atoms with Crippen LogP contribution in [-0.2, 0) is 0 Å².